The number of hydrogen-bond acceptors (Lipinski definition) is 7. The molecule has 1 aromatic carbocycles. The summed E-state index contributed by atoms with van der Waals surface area (Å²) in [7, 11) is 0. The molecule has 1 aromatic heterocycles. The number of benzene rings is 1. The Kier molecular flexibility index (Phi) is 3.98. The summed E-state index contributed by atoms with van der Waals surface area (Å²) in [6, 6.07) is 9.78. The van der Waals surface area contributed by atoms with Crippen LogP contribution in [0.5, 0.6) is 0 Å². The standard InChI is InChI=1S/C14H15N7O/c15-7-10(14-17-19-20-18-14)8-16-12-3-1-2-4-13(12)21-6-5-11(22)9-21/h1-4,8,11,16,22H,5-6,9H2,(H,17,18,19,20). The number of β-amino-alcohol motifs (C(OH)–C–C–N with tert-alkyl or cyclic N) is 1. The van der Waals surface area contributed by atoms with Gasteiger partial charge in [0.2, 0.25) is 5.82 Å². The van der Waals surface area contributed by atoms with E-state index >= 15 is 0 Å². The van der Waals surface area contributed by atoms with Gasteiger partial charge in [0.05, 0.1) is 17.5 Å². The van der Waals surface area contributed by atoms with Gasteiger partial charge in [-0.2, -0.15) is 10.5 Å². The maximum atomic E-state index is 9.69. The molecule has 0 bridgehead atoms. The summed E-state index contributed by atoms with van der Waals surface area (Å²) in [5.74, 6) is 0.240. The largest absolute Gasteiger partial charge is 0.391 e. The van der Waals surface area contributed by atoms with Gasteiger partial charge in [-0.1, -0.05) is 12.1 Å². The van der Waals surface area contributed by atoms with E-state index in [1.807, 2.05) is 30.3 Å². The molecule has 1 aliphatic heterocycles. The number of aliphatic hydroxyl groups is 1. The number of nitriles is 1. The van der Waals surface area contributed by atoms with E-state index in [9.17, 15) is 5.11 Å². The molecule has 1 saturated heterocycles. The van der Waals surface area contributed by atoms with E-state index in [2.05, 4.69) is 30.8 Å². The topological polar surface area (TPSA) is 114 Å². The highest BCUT2D eigenvalue weighted by Gasteiger charge is 2.22. The predicted octanol–water partition coefficient (Wildman–Crippen LogP) is 0.747. The van der Waals surface area contributed by atoms with Gasteiger partial charge in [-0.05, 0) is 23.8 Å². The van der Waals surface area contributed by atoms with Crippen molar-refractivity contribution in [2.75, 3.05) is 23.3 Å². The number of rotatable bonds is 4. The van der Waals surface area contributed by atoms with E-state index < -0.39 is 0 Å². The van der Waals surface area contributed by atoms with Crippen molar-refractivity contribution in [3.8, 4) is 6.07 Å². The maximum absolute atomic E-state index is 9.69. The number of aromatic nitrogens is 4. The molecule has 0 saturated carbocycles. The van der Waals surface area contributed by atoms with E-state index in [0.717, 1.165) is 24.3 Å². The fourth-order valence-electron chi connectivity index (χ4n) is 2.40. The third-order valence-electron chi connectivity index (χ3n) is 3.49. The summed E-state index contributed by atoms with van der Waals surface area (Å²) in [5, 5.41) is 35.3. The Hall–Kier alpha value is -2.92. The Labute approximate surface area is 127 Å². The molecule has 8 heteroatoms. The van der Waals surface area contributed by atoms with Crippen LogP contribution in [-0.4, -0.2) is 44.9 Å². The summed E-state index contributed by atoms with van der Waals surface area (Å²) in [6.45, 7) is 1.41. The highest BCUT2D eigenvalue weighted by Crippen LogP contribution is 2.29. The van der Waals surface area contributed by atoms with Gasteiger partial charge in [0.15, 0.2) is 0 Å². The minimum Gasteiger partial charge on any atom is -0.391 e. The SMILES string of the molecule is N#CC(=CNc1ccccc1N1CCC(O)C1)c1nn[nH]n1. The average molecular weight is 297 g/mol. The van der Waals surface area contributed by atoms with Crippen molar-refractivity contribution >= 4 is 16.9 Å². The van der Waals surface area contributed by atoms with E-state index in [-0.39, 0.29) is 17.5 Å². The van der Waals surface area contributed by atoms with Gasteiger partial charge in [-0.25, -0.2) is 0 Å². The summed E-state index contributed by atoms with van der Waals surface area (Å²) in [6.07, 6.45) is 2.02. The Bertz CT molecular complexity index is 704. The van der Waals surface area contributed by atoms with Crippen LogP contribution in [0, 0.1) is 11.3 Å². The first kappa shape index (κ1) is 14.0. The zero-order valence-electron chi connectivity index (χ0n) is 11.8. The van der Waals surface area contributed by atoms with Crippen molar-refractivity contribution in [3.05, 3.63) is 36.3 Å². The van der Waals surface area contributed by atoms with E-state index in [4.69, 9.17) is 5.26 Å². The van der Waals surface area contributed by atoms with Crippen molar-refractivity contribution in [1.29, 1.82) is 5.26 Å². The fourth-order valence-corrected chi connectivity index (χ4v) is 2.40. The quantitative estimate of drug-likeness (QED) is 0.713. The van der Waals surface area contributed by atoms with Crippen LogP contribution >= 0.6 is 0 Å². The number of tetrazole rings is 1. The van der Waals surface area contributed by atoms with Gasteiger partial charge < -0.3 is 15.3 Å². The lowest BCUT2D eigenvalue weighted by Gasteiger charge is -2.21. The van der Waals surface area contributed by atoms with Gasteiger partial charge in [0.25, 0.3) is 0 Å². The summed E-state index contributed by atoms with van der Waals surface area (Å²) in [5.41, 5.74) is 2.12. The van der Waals surface area contributed by atoms with Crippen molar-refractivity contribution in [3.63, 3.8) is 0 Å². The molecule has 1 fully saturated rings. The molecule has 3 N–H and O–H groups in total. The molecule has 8 nitrogen and oxygen atoms in total. The van der Waals surface area contributed by atoms with Gasteiger partial charge in [-0.3, -0.25) is 0 Å². The lowest BCUT2D eigenvalue weighted by atomic mass is 10.2. The lowest BCUT2D eigenvalue weighted by molar-refractivity contribution is 0.198. The van der Waals surface area contributed by atoms with Gasteiger partial charge >= 0.3 is 0 Å². The molecule has 0 radical (unpaired) electrons. The Morgan fingerprint density at radius 3 is 3.05 bits per heavy atom. The summed E-state index contributed by atoms with van der Waals surface area (Å²) in [4.78, 5) is 2.11. The zero-order chi connectivity index (χ0) is 15.4. The monoisotopic (exact) mass is 297 g/mol. The van der Waals surface area contributed by atoms with Crippen molar-refractivity contribution in [1.82, 2.24) is 20.6 Å². The van der Waals surface area contributed by atoms with Crippen LogP contribution in [0.1, 0.15) is 12.2 Å². The summed E-state index contributed by atoms with van der Waals surface area (Å²) < 4.78 is 0. The van der Waals surface area contributed by atoms with Gasteiger partial charge in [-0.15, -0.1) is 10.2 Å². The van der Waals surface area contributed by atoms with Crippen LogP contribution in [0.4, 0.5) is 11.4 Å². The smallest absolute Gasteiger partial charge is 0.216 e. The summed E-state index contributed by atoms with van der Waals surface area (Å²) >= 11 is 0. The van der Waals surface area contributed by atoms with Crippen molar-refractivity contribution < 1.29 is 5.11 Å². The highest BCUT2D eigenvalue weighted by molar-refractivity contribution is 5.77. The molecule has 0 aliphatic carbocycles. The number of nitrogens with one attached hydrogen (secondary N) is 2. The Morgan fingerprint density at radius 2 is 2.36 bits per heavy atom. The minimum atomic E-state index is -0.294. The Balaban J connectivity index is 1.82. The molecule has 0 spiro atoms. The molecule has 3 rings (SSSR count). The molecule has 2 aromatic rings. The second-order valence-electron chi connectivity index (χ2n) is 4.96. The lowest BCUT2D eigenvalue weighted by Crippen LogP contribution is -2.21. The highest BCUT2D eigenvalue weighted by atomic mass is 16.3. The molecule has 112 valence electrons. The number of para-hydroxylation sites is 2. The molecular weight excluding hydrogens is 282 g/mol. The fraction of sp³-hybridized carbons (Fsp3) is 0.286. The van der Waals surface area contributed by atoms with Crippen molar-refractivity contribution in [2.24, 2.45) is 0 Å². The van der Waals surface area contributed by atoms with Crippen LogP contribution in [0.15, 0.2) is 30.5 Å². The third-order valence-corrected chi connectivity index (χ3v) is 3.49. The first-order valence-corrected chi connectivity index (χ1v) is 6.90. The van der Waals surface area contributed by atoms with Crippen LogP contribution in [0.3, 0.4) is 0 Å². The van der Waals surface area contributed by atoms with E-state index in [1.54, 1.807) is 6.20 Å². The van der Waals surface area contributed by atoms with Gasteiger partial charge in [0, 0.05) is 19.3 Å². The average Bonchev–Trinajstić information content (AvgIpc) is 3.20. The number of aliphatic hydroxyl groups excluding tert-OH is 1. The first-order valence-electron chi connectivity index (χ1n) is 6.90. The van der Waals surface area contributed by atoms with Gasteiger partial charge in [0.1, 0.15) is 11.6 Å². The number of hydrogen-bond donors (Lipinski definition) is 3. The normalized spacial score (nSPS) is 18.3. The molecule has 1 aliphatic rings. The van der Waals surface area contributed by atoms with Crippen LogP contribution in [-0.2, 0) is 0 Å². The second-order valence-corrected chi connectivity index (χ2v) is 4.96. The molecule has 22 heavy (non-hydrogen) atoms. The van der Waals surface area contributed by atoms with Crippen LogP contribution < -0.4 is 10.2 Å². The third kappa shape index (κ3) is 2.89. The van der Waals surface area contributed by atoms with Crippen LogP contribution in [0.25, 0.3) is 5.57 Å². The first-order chi connectivity index (χ1) is 10.8. The van der Waals surface area contributed by atoms with Crippen molar-refractivity contribution in [2.45, 2.75) is 12.5 Å². The predicted molar refractivity (Wildman–Crippen MR) is 80.7 cm³/mol. The van der Waals surface area contributed by atoms with Crippen LogP contribution in [0.2, 0.25) is 0 Å². The second kappa shape index (κ2) is 6.24. The Morgan fingerprint density at radius 1 is 1.50 bits per heavy atom. The van der Waals surface area contributed by atoms with E-state index in [0.29, 0.717) is 6.54 Å². The zero-order valence-corrected chi connectivity index (χ0v) is 11.8. The molecule has 1 atom stereocenters. The number of H-pyrrole nitrogens is 1. The van der Waals surface area contributed by atoms with E-state index in [1.165, 1.54) is 0 Å². The number of allylic oxidation sites excluding steroid dienone is 1. The number of nitrogens with zero attached hydrogens (tertiary/aromatic N) is 5. The number of anilines is 2. The minimum absolute atomic E-state index is 0.240. The maximum Gasteiger partial charge on any atom is 0.216 e. The molecular formula is C14H15N7O. The number of aromatic amines is 1. The molecule has 0 amide bonds. The molecule has 2 heterocycles. The molecule has 1 unspecified atom stereocenters.